The Kier molecular flexibility index (Phi) is 5.04. The van der Waals surface area contributed by atoms with Gasteiger partial charge in [-0.2, -0.15) is 0 Å². The molecule has 0 saturated carbocycles. The Morgan fingerprint density at radius 1 is 1.37 bits per heavy atom. The summed E-state index contributed by atoms with van der Waals surface area (Å²) in [6.45, 7) is 11.7. The van der Waals surface area contributed by atoms with Crippen molar-refractivity contribution in [2.75, 3.05) is 20.1 Å². The monoisotopic (exact) mass is 280 g/mol. The molecule has 1 aliphatic heterocycles. The van der Waals surface area contributed by atoms with Gasteiger partial charge in [0.15, 0.2) is 0 Å². The van der Waals surface area contributed by atoms with Gasteiger partial charge in [0.25, 0.3) is 0 Å². The number of nitrogens with zero attached hydrogens (tertiary/aromatic N) is 1. The molecule has 1 N–H and O–H groups in total. The largest absolute Gasteiger partial charge is 0.315 e. The minimum absolute atomic E-state index is 0.595. The molecule has 0 aliphatic carbocycles. The Morgan fingerprint density at radius 2 is 2.11 bits per heavy atom. The van der Waals surface area contributed by atoms with E-state index in [1.54, 1.807) is 5.56 Å². The smallest absolute Gasteiger partial charge is 0.0296 e. The van der Waals surface area contributed by atoms with Crippen LogP contribution in [0.5, 0.6) is 0 Å². The van der Waals surface area contributed by atoms with Crippen LogP contribution in [0.15, 0.2) is 6.07 Å². The fraction of sp³-hybridized carbons (Fsp3) is 0.750. The van der Waals surface area contributed by atoms with Crippen molar-refractivity contribution in [2.45, 2.75) is 53.1 Å². The van der Waals surface area contributed by atoms with Gasteiger partial charge in [0.05, 0.1) is 0 Å². The van der Waals surface area contributed by atoms with E-state index in [-0.39, 0.29) is 0 Å². The van der Waals surface area contributed by atoms with Gasteiger partial charge in [0.1, 0.15) is 0 Å². The number of likely N-dealkylation sites (tertiary alicyclic amines) is 1. The molecule has 1 aliphatic rings. The van der Waals surface area contributed by atoms with Crippen LogP contribution in [0.4, 0.5) is 0 Å². The summed E-state index contributed by atoms with van der Waals surface area (Å²) in [5.41, 5.74) is 2.14. The zero-order valence-electron chi connectivity index (χ0n) is 12.9. The first-order chi connectivity index (χ1) is 9.12. The standard InChI is InChI=1S/C16H28N2S/c1-5-16(6-2)7-8-18(12-16)11-14-9-15(10-17-4)19-13(14)3/h9,17H,5-8,10-12H2,1-4H3. The van der Waals surface area contributed by atoms with Crippen LogP contribution in [0.2, 0.25) is 0 Å². The van der Waals surface area contributed by atoms with Crippen molar-refractivity contribution in [1.29, 1.82) is 0 Å². The predicted molar refractivity (Wildman–Crippen MR) is 84.7 cm³/mol. The van der Waals surface area contributed by atoms with Crippen molar-refractivity contribution >= 4 is 11.3 Å². The number of aryl methyl sites for hydroxylation is 1. The molecule has 2 heterocycles. The van der Waals surface area contributed by atoms with Crippen molar-refractivity contribution in [2.24, 2.45) is 5.41 Å². The third-order valence-electron chi connectivity index (χ3n) is 4.83. The van der Waals surface area contributed by atoms with E-state index in [1.165, 1.54) is 42.1 Å². The second-order valence-electron chi connectivity index (χ2n) is 5.99. The molecule has 0 aromatic carbocycles. The lowest BCUT2D eigenvalue weighted by molar-refractivity contribution is 0.236. The van der Waals surface area contributed by atoms with Crippen LogP contribution in [0.1, 0.15) is 48.4 Å². The average Bonchev–Trinajstić information content (AvgIpc) is 2.96. The molecule has 0 unspecified atom stereocenters. The molecule has 0 spiro atoms. The third kappa shape index (κ3) is 3.39. The van der Waals surface area contributed by atoms with Gasteiger partial charge in [-0.25, -0.2) is 0 Å². The summed E-state index contributed by atoms with van der Waals surface area (Å²) in [5, 5.41) is 3.25. The molecule has 2 rings (SSSR count). The number of hydrogen-bond acceptors (Lipinski definition) is 3. The lowest BCUT2D eigenvalue weighted by Gasteiger charge is -2.26. The average molecular weight is 280 g/mol. The van der Waals surface area contributed by atoms with Crippen LogP contribution in [0, 0.1) is 12.3 Å². The highest BCUT2D eigenvalue weighted by Gasteiger charge is 2.34. The first-order valence-corrected chi connectivity index (χ1v) is 8.39. The van der Waals surface area contributed by atoms with E-state index in [0.29, 0.717) is 5.41 Å². The van der Waals surface area contributed by atoms with Gasteiger partial charge in [0, 0.05) is 29.4 Å². The second-order valence-corrected chi connectivity index (χ2v) is 7.33. The summed E-state index contributed by atoms with van der Waals surface area (Å²) in [5.74, 6) is 0. The highest BCUT2D eigenvalue weighted by molar-refractivity contribution is 7.12. The van der Waals surface area contributed by atoms with E-state index in [4.69, 9.17) is 0 Å². The highest BCUT2D eigenvalue weighted by Crippen LogP contribution is 2.38. The summed E-state index contributed by atoms with van der Waals surface area (Å²) >= 11 is 1.94. The van der Waals surface area contributed by atoms with Crippen molar-refractivity contribution in [3.05, 3.63) is 21.4 Å². The Labute approximate surface area is 122 Å². The molecule has 0 bridgehead atoms. The van der Waals surface area contributed by atoms with Crippen molar-refractivity contribution in [1.82, 2.24) is 10.2 Å². The number of hydrogen-bond donors (Lipinski definition) is 1. The fourth-order valence-electron chi connectivity index (χ4n) is 3.24. The molecular formula is C16H28N2S. The second kappa shape index (κ2) is 6.38. The van der Waals surface area contributed by atoms with E-state index in [9.17, 15) is 0 Å². The van der Waals surface area contributed by atoms with Gasteiger partial charge >= 0.3 is 0 Å². The lowest BCUT2D eigenvalue weighted by Crippen LogP contribution is -2.26. The molecule has 1 saturated heterocycles. The van der Waals surface area contributed by atoms with Gasteiger partial charge < -0.3 is 5.32 Å². The summed E-state index contributed by atoms with van der Waals surface area (Å²) in [6, 6.07) is 2.40. The van der Waals surface area contributed by atoms with Gasteiger partial charge in [-0.05, 0) is 56.8 Å². The summed E-state index contributed by atoms with van der Waals surface area (Å²) in [7, 11) is 2.02. The molecule has 2 nitrogen and oxygen atoms in total. The maximum absolute atomic E-state index is 3.25. The molecule has 0 radical (unpaired) electrons. The van der Waals surface area contributed by atoms with Crippen molar-refractivity contribution < 1.29 is 0 Å². The first-order valence-electron chi connectivity index (χ1n) is 7.57. The van der Waals surface area contributed by atoms with Crippen LogP contribution in [-0.2, 0) is 13.1 Å². The molecule has 1 fully saturated rings. The third-order valence-corrected chi connectivity index (χ3v) is 5.93. The molecule has 0 atom stereocenters. The van der Waals surface area contributed by atoms with E-state index < -0.39 is 0 Å². The zero-order chi connectivity index (χ0) is 13.9. The Bertz CT molecular complexity index is 407. The van der Waals surface area contributed by atoms with E-state index in [0.717, 1.165) is 13.1 Å². The number of nitrogens with one attached hydrogen (secondary N) is 1. The topological polar surface area (TPSA) is 15.3 Å². The molecule has 108 valence electrons. The maximum Gasteiger partial charge on any atom is 0.0296 e. The molecular weight excluding hydrogens is 252 g/mol. The quantitative estimate of drug-likeness (QED) is 0.853. The number of rotatable bonds is 6. The maximum atomic E-state index is 3.25. The van der Waals surface area contributed by atoms with Crippen LogP contribution >= 0.6 is 11.3 Å². The zero-order valence-corrected chi connectivity index (χ0v) is 13.7. The van der Waals surface area contributed by atoms with Crippen LogP contribution < -0.4 is 5.32 Å². The minimum Gasteiger partial charge on any atom is -0.315 e. The van der Waals surface area contributed by atoms with Crippen LogP contribution in [-0.4, -0.2) is 25.0 Å². The fourth-order valence-corrected chi connectivity index (χ4v) is 4.30. The van der Waals surface area contributed by atoms with Crippen molar-refractivity contribution in [3.8, 4) is 0 Å². The Balaban J connectivity index is 1.99. The van der Waals surface area contributed by atoms with Gasteiger partial charge in [0.2, 0.25) is 0 Å². The summed E-state index contributed by atoms with van der Waals surface area (Å²) in [6.07, 6.45) is 4.04. The Hall–Kier alpha value is -0.380. The minimum atomic E-state index is 0.595. The molecule has 1 aromatic rings. The Morgan fingerprint density at radius 3 is 2.68 bits per heavy atom. The molecule has 0 amide bonds. The lowest BCUT2D eigenvalue weighted by atomic mass is 9.82. The number of thiophene rings is 1. The van der Waals surface area contributed by atoms with E-state index in [2.05, 4.69) is 37.1 Å². The molecule has 3 heteroatoms. The van der Waals surface area contributed by atoms with Gasteiger partial charge in [-0.15, -0.1) is 11.3 Å². The SMILES string of the molecule is CCC1(CC)CCN(Cc2cc(CNC)sc2C)C1. The summed E-state index contributed by atoms with van der Waals surface area (Å²) < 4.78 is 0. The van der Waals surface area contributed by atoms with Crippen molar-refractivity contribution in [3.63, 3.8) is 0 Å². The summed E-state index contributed by atoms with van der Waals surface area (Å²) in [4.78, 5) is 5.62. The molecule has 19 heavy (non-hydrogen) atoms. The molecule has 1 aromatic heterocycles. The van der Waals surface area contributed by atoms with Crippen LogP contribution in [0.25, 0.3) is 0 Å². The first kappa shape index (κ1) is 15.0. The van der Waals surface area contributed by atoms with E-state index >= 15 is 0 Å². The van der Waals surface area contributed by atoms with Gasteiger partial charge in [-0.3, -0.25) is 4.90 Å². The normalized spacial score (nSPS) is 19.2. The van der Waals surface area contributed by atoms with Gasteiger partial charge in [-0.1, -0.05) is 13.8 Å². The van der Waals surface area contributed by atoms with Crippen LogP contribution in [0.3, 0.4) is 0 Å². The highest BCUT2D eigenvalue weighted by atomic mass is 32.1. The van der Waals surface area contributed by atoms with E-state index in [1.807, 2.05) is 18.4 Å². The predicted octanol–water partition coefficient (Wildman–Crippen LogP) is 3.79.